The quantitative estimate of drug-likeness (QED) is 0.297. The predicted octanol–water partition coefficient (Wildman–Crippen LogP) is 6.35. The van der Waals surface area contributed by atoms with Crippen molar-refractivity contribution in [2.24, 2.45) is 0 Å². The van der Waals surface area contributed by atoms with E-state index in [1.165, 1.54) is 17.4 Å². The molecule has 26 heavy (non-hydrogen) atoms. The molecule has 2 aromatic rings. The number of phenolic OH excluding ortho intramolecular Hbond substituents is 1. The Kier molecular flexibility index (Phi) is 7.59. The number of carbonyl (C=O) groups is 1. The van der Waals surface area contributed by atoms with E-state index >= 15 is 0 Å². The molecule has 0 spiro atoms. The molecule has 3 nitrogen and oxygen atoms in total. The lowest BCUT2D eigenvalue weighted by Crippen LogP contribution is -2.05. The van der Waals surface area contributed by atoms with Crippen molar-refractivity contribution in [3.05, 3.63) is 51.5 Å². The number of halogens is 1. The third-order valence-corrected chi connectivity index (χ3v) is 6.03. The lowest BCUT2D eigenvalue weighted by atomic mass is 9.96. The highest BCUT2D eigenvalue weighted by atomic mass is 79.9. The van der Waals surface area contributed by atoms with Crippen LogP contribution in [0.25, 0.3) is 0 Å². The van der Waals surface area contributed by atoms with Gasteiger partial charge in [0.2, 0.25) is 0 Å². The van der Waals surface area contributed by atoms with Gasteiger partial charge in [-0.1, -0.05) is 35.8 Å². The molecule has 0 saturated carbocycles. The van der Waals surface area contributed by atoms with Crippen LogP contribution in [0.4, 0.5) is 0 Å². The fraction of sp³-hybridized carbons (Fsp3) is 0.381. The first-order valence-electron chi connectivity index (χ1n) is 8.69. The molecule has 2 aromatic carbocycles. The van der Waals surface area contributed by atoms with Gasteiger partial charge in [-0.3, -0.25) is 4.79 Å². The maximum atomic E-state index is 11.6. The second kappa shape index (κ2) is 9.47. The van der Waals surface area contributed by atoms with Crippen LogP contribution in [0.2, 0.25) is 0 Å². The van der Waals surface area contributed by atoms with E-state index in [0.29, 0.717) is 23.5 Å². The number of ketones is 1. The third kappa shape index (κ3) is 5.27. The van der Waals surface area contributed by atoms with Crippen LogP contribution in [0.15, 0.2) is 39.7 Å². The molecule has 0 atom stereocenters. The zero-order valence-electron chi connectivity index (χ0n) is 15.6. The SMILES string of the molecule is CC(=O)c1ccc(OCCCSc2ccc(C)c(Br)c2)c(C(C)C)c1O. The van der Waals surface area contributed by atoms with Crippen molar-refractivity contribution in [3.8, 4) is 11.5 Å². The number of phenols is 1. The minimum Gasteiger partial charge on any atom is -0.507 e. The molecule has 0 aliphatic rings. The van der Waals surface area contributed by atoms with Gasteiger partial charge in [-0.25, -0.2) is 0 Å². The summed E-state index contributed by atoms with van der Waals surface area (Å²) in [6.07, 6.45) is 0.892. The van der Waals surface area contributed by atoms with Crippen molar-refractivity contribution in [1.82, 2.24) is 0 Å². The van der Waals surface area contributed by atoms with Crippen molar-refractivity contribution in [2.75, 3.05) is 12.4 Å². The van der Waals surface area contributed by atoms with Gasteiger partial charge in [0.25, 0.3) is 0 Å². The predicted molar refractivity (Wildman–Crippen MR) is 112 cm³/mol. The Labute approximate surface area is 168 Å². The summed E-state index contributed by atoms with van der Waals surface area (Å²) in [5.41, 5.74) is 2.28. The second-order valence-corrected chi connectivity index (χ2v) is 8.57. The zero-order valence-corrected chi connectivity index (χ0v) is 18.0. The van der Waals surface area contributed by atoms with Gasteiger partial charge in [0.1, 0.15) is 11.5 Å². The normalized spacial score (nSPS) is 11.0. The van der Waals surface area contributed by atoms with Crippen LogP contribution < -0.4 is 4.74 Å². The minimum atomic E-state index is -0.142. The van der Waals surface area contributed by atoms with E-state index in [4.69, 9.17) is 4.74 Å². The minimum absolute atomic E-state index is 0.0453. The average Bonchev–Trinajstić information content (AvgIpc) is 2.57. The number of carbonyl (C=O) groups excluding carboxylic acids is 1. The summed E-state index contributed by atoms with van der Waals surface area (Å²) in [6, 6.07) is 9.79. The second-order valence-electron chi connectivity index (χ2n) is 6.55. The monoisotopic (exact) mass is 436 g/mol. The van der Waals surface area contributed by atoms with Crippen molar-refractivity contribution >= 4 is 33.5 Å². The van der Waals surface area contributed by atoms with Gasteiger partial charge in [0.05, 0.1) is 12.2 Å². The van der Waals surface area contributed by atoms with Crippen LogP contribution in [0.1, 0.15) is 54.6 Å². The number of aryl methyl sites for hydroxylation is 1. The maximum absolute atomic E-state index is 11.6. The molecule has 2 rings (SSSR count). The summed E-state index contributed by atoms with van der Waals surface area (Å²) in [5, 5.41) is 10.4. The topological polar surface area (TPSA) is 46.5 Å². The molecule has 0 aromatic heterocycles. The van der Waals surface area contributed by atoms with Crippen LogP contribution in [-0.4, -0.2) is 23.2 Å². The number of ether oxygens (including phenoxy) is 1. The Morgan fingerprint density at radius 1 is 1.27 bits per heavy atom. The average molecular weight is 437 g/mol. The smallest absolute Gasteiger partial charge is 0.163 e. The Balaban J connectivity index is 1.94. The van der Waals surface area contributed by atoms with Gasteiger partial charge < -0.3 is 9.84 Å². The van der Waals surface area contributed by atoms with Crippen LogP contribution in [0, 0.1) is 6.92 Å². The van der Waals surface area contributed by atoms with E-state index in [1.54, 1.807) is 23.9 Å². The fourth-order valence-corrected chi connectivity index (χ4v) is 4.05. The molecule has 140 valence electrons. The Hall–Kier alpha value is -1.46. The molecular formula is C21H25BrO3S. The lowest BCUT2D eigenvalue weighted by Gasteiger charge is -2.17. The molecule has 0 fully saturated rings. The number of hydrogen-bond donors (Lipinski definition) is 1. The van der Waals surface area contributed by atoms with E-state index in [0.717, 1.165) is 16.6 Å². The Bertz CT molecular complexity index is 787. The number of Topliss-reactive ketones (excluding diaryl/α,β-unsaturated/α-hetero) is 1. The highest BCUT2D eigenvalue weighted by molar-refractivity contribution is 9.10. The first kappa shape index (κ1) is 20.8. The summed E-state index contributed by atoms with van der Waals surface area (Å²) in [5.74, 6) is 1.58. The first-order chi connectivity index (χ1) is 12.3. The number of hydrogen-bond acceptors (Lipinski definition) is 4. The molecule has 0 saturated heterocycles. The number of rotatable bonds is 8. The molecule has 0 aliphatic heterocycles. The van der Waals surface area contributed by atoms with Crippen molar-refractivity contribution in [3.63, 3.8) is 0 Å². The van der Waals surface area contributed by atoms with Crippen molar-refractivity contribution < 1.29 is 14.6 Å². The van der Waals surface area contributed by atoms with E-state index < -0.39 is 0 Å². The van der Waals surface area contributed by atoms with Gasteiger partial charge in [-0.2, -0.15) is 0 Å². The van der Waals surface area contributed by atoms with E-state index in [-0.39, 0.29) is 17.5 Å². The van der Waals surface area contributed by atoms with Gasteiger partial charge in [0.15, 0.2) is 5.78 Å². The largest absolute Gasteiger partial charge is 0.507 e. The van der Waals surface area contributed by atoms with Crippen LogP contribution in [0.3, 0.4) is 0 Å². The molecule has 0 unspecified atom stereocenters. The molecule has 5 heteroatoms. The number of benzene rings is 2. The van der Waals surface area contributed by atoms with E-state index in [2.05, 4.69) is 41.1 Å². The molecule has 0 aliphatic carbocycles. The van der Waals surface area contributed by atoms with Gasteiger partial charge >= 0.3 is 0 Å². The van der Waals surface area contributed by atoms with Crippen molar-refractivity contribution in [1.29, 1.82) is 0 Å². The standard InChI is InChI=1S/C21H25BrO3S/c1-13(2)20-19(9-8-17(15(4)23)21(20)24)25-10-5-11-26-16-7-6-14(3)18(22)12-16/h6-9,12-13,24H,5,10-11H2,1-4H3. The molecule has 0 bridgehead atoms. The third-order valence-electron chi connectivity index (χ3n) is 4.09. The van der Waals surface area contributed by atoms with Crippen molar-refractivity contribution in [2.45, 2.75) is 44.9 Å². The molecule has 0 heterocycles. The molecular weight excluding hydrogens is 412 g/mol. The summed E-state index contributed by atoms with van der Waals surface area (Å²) >= 11 is 5.35. The van der Waals surface area contributed by atoms with E-state index in [1.807, 2.05) is 13.8 Å². The lowest BCUT2D eigenvalue weighted by molar-refractivity contribution is 0.101. The van der Waals surface area contributed by atoms with Gasteiger partial charge in [-0.05, 0) is 56.0 Å². The highest BCUT2D eigenvalue weighted by Crippen LogP contribution is 2.37. The van der Waals surface area contributed by atoms with E-state index in [9.17, 15) is 9.90 Å². The summed E-state index contributed by atoms with van der Waals surface area (Å²) in [7, 11) is 0. The Morgan fingerprint density at radius 3 is 2.62 bits per heavy atom. The summed E-state index contributed by atoms with van der Waals surface area (Å²) in [6.45, 7) is 8.07. The maximum Gasteiger partial charge on any atom is 0.163 e. The van der Waals surface area contributed by atoms with Crippen LogP contribution in [-0.2, 0) is 0 Å². The Morgan fingerprint density at radius 2 is 2.00 bits per heavy atom. The highest BCUT2D eigenvalue weighted by Gasteiger charge is 2.18. The molecule has 0 amide bonds. The first-order valence-corrected chi connectivity index (χ1v) is 10.5. The summed E-state index contributed by atoms with van der Waals surface area (Å²) < 4.78 is 7.03. The van der Waals surface area contributed by atoms with Gasteiger partial charge in [-0.15, -0.1) is 11.8 Å². The molecule has 1 N–H and O–H groups in total. The number of thioether (sulfide) groups is 1. The van der Waals surface area contributed by atoms with Crippen LogP contribution in [0.5, 0.6) is 11.5 Å². The van der Waals surface area contributed by atoms with Gasteiger partial charge in [0, 0.05) is 20.7 Å². The fourth-order valence-electron chi connectivity index (χ4n) is 2.65. The van der Waals surface area contributed by atoms with Crippen LogP contribution >= 0.6 is 27.7 Å². The number of aromatic hydroxyl groups is 1. The summed E-state index contributed by atoms with van der Waals surface area (Å²) in [4.78, 5) is 12.9. The molecule has 0 radical (unpaired) electrons. The zero-order chi connectivity index (χ0) is 19.3.